The molecule has 7 nitrogen and oxygen atoms in total. The van der Waals surface area contributed by atoms with Gasteiger partial charge in [-0.1, -0.05) is 17.3 Å². The van der Waals surface area contributed by atoms with E-state index in [-0.39, 0.29) is 5.91 Å². The van der Waals surface area contributed by atoms with Gasteiger partial charge in [-0.15, -0.1) is 16.4 Å². The molecule has 118 valence electrons. The van der Waals surface area contributed by atoms with Crippen molar-refractivity contribution in [2.45, 2.75) is 0 Å². The third-order valence-corrected chi connectivity index (χ3v) is 4.58. The summed E-state index contributed by atoms with van der Waals surface area (Å²) in [5.41, 5.74) is 2.25. The third kappa shape index (κ3) is 2.63. The van der Waals surface area contributed by atoms with E-state index in [4.69, 9.17) is 0 Å². The second kappa shape index (κ2) is 5.82. The Morgan fingerprint density at radius 2 is 2.04 bits per heavy atom. The largest absolute Gasteiger partial charge is 0.305 e. The first-order valence-corrected chi connectivity index (χ1v) is 8.00. The summed E-state index contributed by atoms with van der Waals surface area (Å²) in [6.07, 6.45) is 3.11. The molecule has 1 amide bonds. The highest BCUT2D eigenvalue weighted by Gasteiger charge is 2.12. The molecule has 0 saturated heterocycles. The number of nitrogens with one attached hydrogen (secondary N) is 1. The summed E-state index contributed by atoms with van der Waals surface area (Å²) in [5, 5.41) is 11.0. The van der Waals surface area contributed by atoms with E-state index in [1.54, 1.807) is 30.6 Å². The van der Waals surface area contributed by atoms with Crippen LogP contribution >= 0.6 is 11.3 Å². The van der Waals surface area contributed by atoms with E-state index in [9.17, 15) is 4.79 Å². The number of aryl methyl sites for hydroxylation is 1. The van der Waals surface area contributed by atoms with Crippen molar-refractivity contribution in [3.63, 3.8) is 0 Å². The number of fused-ring (bicyclic) bond motifs is 1. The first-order valence-electron chi connectivity index (χ1n) is 7.19. The second-order valence-electron chi connectivity index (χ2n) is 5.12. The molecule has 3 aromatic heterocycles. The molecule has 0 bridgehead atoms. The van der Waals surface area contributed by atoms with Crippen LogP contribution in [0.1, 0.15) is 10.5 Å². The molecule has 0 unspecified atom stereocenters. The Balaban J connectivity index is 1.56. The van der Waals surface area contributed by atoms with Gasteiger partial charge in [0.05, 0.1) is 16.4 Å². The van der Waals surface area contributed by atoms with Crippen LogP contribution in [0.15, 0.2) is 48.8 Å². The lowest BCUT2D eigenvalue weighted by atomic mass is 10.3. The SMILES string of the molecule is Cn1nncc1C(=O)Nc1ccc(-c2nc3ccccc3s2)cn1. The van der Waals surface area contributed by atoms with Crippen molar-refractivity contribution >= 4 is 33.3 Å². The maximum atomic E-state index is 12.1. The molecule has 4 rings (SSSR count). The fraction of sp³-hybridized carbons (Fsp3) is 0.0625. The van der Waals surface area contributed by atoms with Gasteiger partial charge in [-0.3, -0.25) is 4.79 Å². The molecule has 0 spiro atoms. The number of aromatic nitrogens is 5. The van der Waals surface area contributed by atoms with Crippen molar-refractivity contribution in [1.82, 2.24) is 25.0 Å². The number of carbonyl (C=O) groups excluding carboxylic acids is 1. The summed E-state index contributed by atoms with van der Waals surface area (Å²) >= 11 is 1.61. The van der Waals surface area contributed by atoms with E-state index >= 15 is 0 Å². The van der Waals surface area contributed by atoms with Gasteiger partial charge in [0.15, 0.2) is 0 Å². The number of rotatable bonds is 3. The van der Waals surface area contributed by atoms with E-state index in [0.29, 0.717) is 11.5 Å². The molecule has 1 aromatic carbocycles. The second-order valence-corrected chi connectivity index (χ2v) is 6.15. The smallest absolute Gasteiger partial charge is 0.276 e. The van der Waals surface area contributed by atoms with Crippen molar-refractivity contribution in [1.29, 1.82) is 0 Å². The lowest BCUT2D eigenvalue weighted by Gasteiger charge is -2.04. The number of amides is 1. The number of hydrogen-bond acceptors (Lipinski definition) is 6. The van der Waals surface area contributed by atoms with Crippen molar-refractivity contribution in [3.05, 3.63) is 54.5 Å². The van der Waals surface area contributed by atoms with Gasteiger partial charge in [0.2, 0.25) is 0 Å². The molecule has 8 heteroatoms. The van der Waals surface area contributed by atoms with E-state index in [2.05, 4.69) is 25.6 Å². The number of thiazole rings is 1. The highest BCUT2D eigenvalue weighted by molar-refractivity contribution is 7.21. The topological polar surface area (TPSA) is 85.6 Å². The van der Waals surface area contributed by atoms with Crippen LogP contribution in [0.2, 0.25) is 0 Å². The zero-order chi connectivity index (χ0) is 16.5. The van der Waals surface area contributed by atoms with Gasteiger partial charge in [-0.25, -0.2) is 14.6 Å². The van der Waals surface area contributed by atoms with Crippen molar-refractivity contribution in [2.75, 3.05) is 5.32 Å². The van der Waals surface area contributed by atoms with Crippen LogP contribution in [0.25, 0.3) is 20.8 Å². The maximum Gasteiger partial charge on any atom is 0.276 e. The quantitative estimate of drug-likeness (QED) is 0.622. The molecule has 0 aliphatic rings. The number of hydrogen-bond donors (Lipinski definition) is 1. The molecular weight excluding hydrogens is 324 g/mol. The highest BCUT2D eigenvalue weighted by atomic mass is 32.1. The molecule has 0 saturated carbocycles. The fourth-order valence-corrected chi connectivity index (χ4v) is 3.22. The third-order valence-electron chi connectivity index (χ3n) is 3.49. The Bertz CT molecular complexity index is 987. The Hall–Kier alpha value is -3.13. The van der Waals surface area contributed by atoms with E-state index in [0.717, 1.165) is 20.8 Å². The number of pyridine rings is 1. The maximum absolute atomic E-state index is 12.1. The summed E-state index contributed by atoms with van der Waals surface area (Å²) in [5.74, 6) is 0.161. The number of carbonyl (C=O) groups is 1. The molecule has 0 aliphatic heterocycles. The lowest BCUT2D eigenvalue weighted by molar-refractivity contribution is 0.101. The molecule has 0 atom stereocenters. The van der Waals surface area contributed by atoms with Gasteiger partial charge >= 0.3 is 0 Å². The number of para-hydroxylation sites is 1. The first-order chi connectivity index (χ1) is 11.7. The Morgan fingerprint density at radius 3 is 2.75 bits per heavy atom. The van der Waals surface area contributed by atoms with Crippen LogP contribution in [0.3, 0.4) is 0 Å². The van der Waals surface area contributed by atoms with E-state index < -0.39 is 0 Å². The zero-order valence-electron chi connectivity index (χ0n) is 12.7. The van der Waals surface area contributed by atoms with Crippen LogP contribution in [-0.4, -0.2) is 30.9 Å². The first kappa shape index (κ1) is 14.5. The number of benzene rings is 1. The monoisotopic (exact) mass is 336 g/mol. The number of nitrogens with zero attached hydrogens (tertiary/aromatic N) is 5. The summed E-state index contributed by atoms with van der Waals surface area (Å²) in [6, 6.07) is 11.6. The fourth-order valence-electron chi connectivity index (χ4n) is 2.27. The van der Waals surface area contributed by atoms with Crippen molar-refractivity contribution < 1.29 is 4.79 Å². The Kier molecular flexibility index (Phi) is 3.51. The molecule has 0 radical (unpaired) electrons. The molecule has 1 N–H and O–H groups in total. The normalized spacial score (nSPS) is 10.9. The minimum Gasteiger partial charge on any atom is -0.305 e. The minimum atomic E-state index is -0.303. The molecule has 4 aromatic rings. The zero-order valence-corrected chi connectivity index (χ0v) is 13.5. The van der Waals surface area contributed by atoms with Crippen molar-refractivity contribution in [2.24, 2.45) is 7.05 Å². The predicted molar refractivity (Wildman–Crippen MR) is 91.8 cm³/mol. The highest BCUT2D eigenvalue weighted by Crippen LogP contribution is 2.29. The lowest BCUT2D eigenvalue weighted by Crippen LogP contribution is -2.16. The van der Waals surface area contributed by atoms with Crippen LogP contribution < -0.4 is 5.32 Å². The summed E-state index contributed by atoms with van der Waals surface area (Å²) in [4.78, 5) is 21.0. The predicted octanol–water partition coefficient (Wildman–Crippen LogP) is 2.74. The van der Waals surface area contributed by atoms with Gasteiger partial charge < -0.3 is 5.32 Å². The Morgan fingerprint density at radius 1 is 1.17 bits per heavy atom. The van der Waals surface area contributed by atoms with Gasteiger partial charge in [0.25, 0.3) is 5.91 Å². The van der Waals surface area contributed by atoms with Gasteiger partial charge in [-0.2, -0.15) is 0 Å². The summed E-state index contributed by atoms with van der Waals surface area (Å²) in [7, 11) is 1.66. The molecule has 3 heterocycles. The Labute approximate surface area is 141 Å². The average molecular weight is 336 g/mol. The molecule has 24 heavy (non-hydrogen) atoms. The van der Waals surface area contributed by atoms with Crippen molar-refractivity contribution in [3.8, 4) is 10.6 Å². The van der Waals surface area contributed by atoms with E-state index in [1.165, 1.54) is 10.9 Å². The van der Waals surface area contributed by atoms with E-state index in [1.807, 2.05) is 30.3 Å². The molecular formula is C16H12N6OS. The standard InChI is InChI=1S/C16H12N6OS/c1-22-12(9-18-21-22)15(23)20-14-7-6-10(8-17-14)16-19-11-4-2-3-5-13(11)24-16/h2-9H,1H3,(H,17,20,23). The average Bonchev–Trinajstić information content (AvgIpc) is 3.21. The minimum absolute atomic E-state index is 0.303. The molecule has 0 fully saturated rings. The summed E-state index contributed by atoms with van der Waals surface area (Å²) in [6.45, 7) is 0. The summed E-state index contributed by atoms with van der Waals surface area (Å²) < 4.78 is 2.54. The van der Waals surface area contributed by atoms with Gasteiger partial charge in [0, 0.05) is 18.8 Å². The van der Waals surface area contributed by atoms with Crippen LogP contribution in [-0.2, 0) is 7.05 Å². The number of anilines is 1. The van der Waals surface area contributed by atoms with Crippen LogP contribution in [0, 0.1) is 0 Å². The van der Waals surface area contributed by atoms with Crippen LogP contribution in [0.5, 0.6) is 0 Å². The van der Waals surface area contributed by atoms with Gasteiger partial charge in [0.1, 0.15) is 16.5 Å². The van der Waals surface area contributed by atoms with Gasteiger partial charge in [-0.05, 0) is 24.3 Å². The van der Waals surface area contributed by atoms with Crippen LogP contribution in [0.4, 0.5) is 5.82 Å². The molecule has 0 aliphatic carbocycles.